The number of nitrogens with zero attached hydrogens (tertiary/aromatic N) is 3. The van der Waals surface area contributed by atoms with E-state index < -0.39 is 0 Å². The second-order valence-corrected chi connectivity index (χ2v) is 5.78. The van der Waals surface area contributed by atoms with Crippen LogP contribution in [0, 0.1) is 17.2 Å². The van der Waals surface area contributed by atoms with Crippen LogP contribution in [0.1, 0.15) is 33.6 Å². The average Bonchev–Trinajstić information content (AvgIpc) is 2.41. The Hall–Kier alpha value is -0.630. The molecule has 0 aromatic rings. The smallest absolute Gasteiger partial charge is 0.0978 e. The van der Waals surface area contributed by atoms with E-state index in [1.807, 2.05) is 0 Å². The van der Waals surface area contributed by atoms with Gasteiger partial charge in [-0.1, -0.05) is 27.2 Å². The van der Waals surface area contributed by atoms with E-state index in [1.165, 1.54) is 0 Å². The molecular weight excluding hydrogens is 238 g/mol. The zero-order valence-electron chi connectivity index (χ0n) is 12.8. The van der Waals surface area contributed by atoms with Gasteiger partial charge in [0.05, 0.1) is 18.7 Å². The van der Waals surface area contributed by atoms with Crippen molar-refractivity contribution < 1.29 is 4.74 Å². The SMILES string of the molecule is CCCC(C#N)N1CCN(CCOCC(C)C)CC1. The number of nitriles is 1. The predicted molar refractivity (Wildman–Crippen MR) is 78.0 cm³/mol. The van der Waals surface area contributed by atoms with Gasteiger partial charge >= 0.3 is 0 Å². The lowest BCUT2D eigenvalue weighted by molar-refractivity contribution is 0.0584. The van der Waals surface area contributed by atoms with Crippen LogP contribution < -0.4 is 0 Å². The van der Waals surface area contributed by atoms with E-state index in [-0.39, 0.29) is 6.04 Å². The Morgan fingerprint density at radius 2 is 1.89 bits per heavy atom. The van der Waals surface area contributed by atoms with Crippen molar-refractivity contribution >= 4 is 0 Å². The lowest BCUT2D eigenvalue weighted by Gasteiger charge is -2.36. The second kappa shape index (κ2) is 9.30. The summed E-state index contributed by atoms with van der Waals surface area (Å²) in [6, 6.07) is 2.55. The Balaban J connectivity index is 2.16. The fraction of sp³-hybridized carbons (Fsp3) is 0.933. The van der Waals surface area contributed by atoms with E-state index in [4.69, 9.17) is 4.74 Å². The summed E-state index contributed by atoms with van der Waals surface area (Å²) < 4.78 is 5.62. The van der Waals surface area contributed by atoms with Gasteiger partial charge in [-0.25, -0.2) is 0 Å². The minimum absolute atomic E-state index is 0.115. The third-order valence-corrected chi connectivity index (χ3v) is 3.56. The molecule has 110 valence electrons. The molecule has 1 fully saturated rings. The lowest BCUT2D eigenvalue weighted by Crippen LogP contribution is -2.50. The molecule has 1 aliphatic rings. The molecule has 1 heterocycles. The highest BCUT2D eigenvalue weighted by atomic mass is 16.5. The second-order valence-electron chi connectivity index (χ2n) is 5.78. The number of piperazine rings is 1. The fourth-order valence-corrected chi connectivity index (χ4v) is 2.41. The maximum Gasteiger partial charge on any atom is 0.0978 e. The quantitative estimate of drug-likeness (QED) is 0.630. The van der Waals surface area contributed by atoms with Gasteiger partial charge in [-0.3, -0.25) is 9.80 Å². The van der Waals surface area contributed by atoms with Gasteiger partial charge in [-0.2, -0.15) is 5.26 Å². The van der Waals surface area contributed by atoms with E-state index in [9.17, 15) is 5.26 Å². The minimum Gasteiger partial charge on any atom is -0.380 e. The van der Waals surface area contributed by atoms with Crippen LogP contribution >= 0.6 is 0 Å². The molecule has 0 bridgehead atoms. The molecule has 4 nitrogen and oxygen atoms in total. The van der Waals surface area contributed by atoms with Gasteiger partial charge in [-0.15, -0.1) is 0 Å². The van der Waals surface area contributed by atoms with Crippen molar-refractivity contribution in [2.45, 2.75) is 39.7 Å². The van der Waals surface area contributed by atoms with E-state index in [2.05, 4.69) is 36.6 Å². The summed E-state index contributed by atoms with van der Waals surface area (Å²) in [5.41, 5.74) is 0. The molecule has 0 radical (unpaired) electrons. The molecule has 1 rings (SSSR count). The van der Waals surface area contributed by atoms with Crippen LogP contribution in [0.25, 0.3) is 0 Å². The summed E-state index contributed by atoms with van der Waals surface area (Å²) in [4.78, 5) is 4.77. The largest absolute Gasteiger partial charge is 0.380 e. The standard InChI is InChI=1S/C15H29N3O/c1-4-5-15(12-16)18-8-6-17(7-9-18)10-11-19-13-14(2)3/h14-15H,4-11,13H2,1-3H3. The number of rotatable bonds is 8. The molecule has 19 heavy (non-hydrogen) atoms. The van der Waals surface area contributed by atoms with Crippen LogP contribution in [0.15, 0.2) is 0 Å². The fourth-order valence-electron chi connectivity index (χ4n) is 2.41. The van der Waals surface area contributed by atoms with E-state index in [1.54, 1.807) is 0 Å². The Labute approximate surface area is 118 Å². The Bertz CT molecular complexity index is 267. The van der Waals surface area contributed by atoms with Crippen molar-refractivity contribution in [1.29, 1.82) is 5.26 Å². The number of hydrogen-bond acceptors (Lipinski definition) is 4. The minimum atomic E-state index is 0.115. The molecule has 0 aromatic heterocycles. The number of hydrogen-bond donors (Lipinski definition) is 0. The summed E-state index contributed by atoms with van der Waals surface area (Å²) in [7, 11) is 0. The maximum absolute atomic E-state index is 9.18. The van der Waals surface area contributed by atoms with Crippen molar-refractivity contribution in [3.8, 4) is 6.07 Å². The van der Waals surface area contributed by atoms with Crippen LogP contribution in [0.5, 0.6) is 0 Å². The van der Waals surface area contributed by atoms with Crippen LogP contribution in [-0.4, -0.2) is 61.8 Å². The van der Waals surface area contributed by atoms with Crippen LogP contribution in [-0.2, 0) is 4.74 Å². The van der Waals surface area contributed by atoms with Gasteiger partial charge in [-0.05, 0) is 12.3 Å². The highest BCUT2D eigenvalue weighted by molar-refractivity contribution is 4.93. The Morgan fingerprint density at radius 3 is 2.42 bits per heavy atom. The summed E-state index contributed by atoms with van der Waals surface area (Å²) in [5.74, 6) is 0.613. The molecule has 1 unspecified atom stereocenters. The van der Waals surface area contributed by atoms with Gasteiger partial charge in [0, 0.05) is 39.3 Å². The van der Waals surface area contributed by atoms with Gasteiger partial charge in [0.15, 0.2) is 0 Å². The zero-order chi connectivity index (χ0) is 14.1. The first-order valence-electron chi connectivity index (χ1n) is 7.61. The van der Waals surface area contributed by atoms with Crippen LogP contribution in [0.3, 0.4) is 0 Å². The van der Waals surface area contributed by atoms with E-state index >= 15 is 0 Å². The van der Waals surface area contributed by atoms with Gasteiger partial charge < -0.3 is 4.74 Å². The maximum atomic E-state index is 9.18. The normalized spacial score (nSPS) is 19.5. The molecule has 0 N–H and O–H groups in total. The topological polar surface area (TPSA) is 39.5 Å². The van der Waals surface area contributed by atoms with Crippen molar-refractivity contribution in [1.82, 2.24) is 9.80 Å². The molecule has 0 aliphatic carbocycles. The summed E-state index contributed by atoms with van der Waals surface area (Å²) in [6.45, 7) is 13.4. The highest BCUT2D eigenvalue weighted by Crippen LogP contribution is 2.10. The van der Waals surface area contributed by atoms with Crippen molar-refractivity contribution in [2.24, 2.45) is 5.92 Å². The van der Waals surface area contributed by atoms with Gasteiger partial charge in [0.2, 0.25) is 0 Å². The third kappa shape index (κ3) is 6.38. The Kier molecular flexibility index (Phi) is 8.04. The van der Waals surface area contributed by atoms with Crippen molar-refractivity contribution in [2.75, 3.05) is 45.9 Å². The van der Waals surface area contributed by atoms with Gasteiger partial charge in [0.1, 0.15) is 0 Å². The lowest BCUT2D eigenvalue weighted by atomic mass is 10.1. The first kappa shape index (κ1) is 16.4. The summed E-state index contributed by atoms with van der Waals surface area (Å²) >= 11 is 0. The summed E-state index contributed by atoms with van der Waals surface area (Å²) in [5, 5.41) is 9.18. The van der Waals surface area contributed by atoms with Crippen molar-refractivity contribution in [3.05, 3.63) is 0 Å². The van der Waals surface area contributed by atoms with Gasteiger partial charge in [0.25, 0.3) is 0 Å². The first-order valence-corrected chi connectivity index (χ1v) is 7.61. The molecule has 4 heteroatoms. The highest BCUT2D eigenvalue weighted by Gasteiger charge is 2.22. The first-order chi connectivity index (χ1) is 9.17. The molecule has 1 atom stereocenters. The molecule has 1 saturated heterocycles. The van der Waals surface area contributed by atoms with Crippen molar-refractivity contribution in [3.63, 3.8) is 0 Å². The van der Waals surface area contributed by atoms with E-state index in [0.29, 0.717) is 5.92 Å². The molecular formula is C15H29N3O. The zero-order valence-corrected chi connectivity index (χ0v) is 12.8. The summed E-state index contributed by atoms with van der Waals surface area (Å²) in [6.07, 6.45) is 2.08. The predicted octanol–water partition coefficient (Wildman–Crippen LogP) is 1.97. The molecule has 0 aromatic carbocycles. The molecule has 0 spiro atoms. The van der Waals surface area contributed by atoms with E-state index in [0.717, 1.165) is 58.8 Å². The average molecular weight is 267 g/mol. The third-order valence-electron chi connectivity index (χ3n) is 3.56. The van der Waals surface area contributed by atoms with Crippen LogP contribution in [0.4, 0.5) is 0 Å². The monoisotopic (exact) mass is 267 g/mol. The Morgan fingerprint density at radius 1 is 1.21 bits per heavy atom. The molecule has 0 amide bonds. The van der Waals surface area contributed by atoms with Crippen LogP contribution in [0.2, 0.25) is 0 Å². The molecule has 0 saturated carbocycles. The molecule has 1 aliphatic heterocycles. The number of ether oxygens (including phenoxy) is 1.